The van der Waals surface area contributed by atoms with Crippen LogP contribution in [0.4, 0.5) is 5.69 Å². The van der Waals surface area contributed by atoms with Crippen LogP contribution >= 0.6 is 11.6 Å². The van der Waals surface area contributed by atoms with Crippen molar-refractivity contribution in [1.82, 2.24) is 4.90 Å². The fraction of sp³-hybridized carbons (Fsp3) is 0.316. The number of halogens is 1. The Kier molecular flexibility index (Phi) is 7.15. The number of ether oxygens (including phenoxy) is 2. The summed E-state index contributed by atoms with van der Waals surface area (Å²) in [5, 5.41) is 0.603. The van der Waals surface area contributed by atoms with Crippen LogP contribution in [0.25, 0.3) is 0 Å². The normalized spacial score (nSPS) is 11.0. The molecule has 0 saturated carbocycles. The van der Waals surface area contributed by atoms with Crippen LogP contribution in [0.15, 0.2) is 42.5 Å². The van der Waals surface area contributed by atoms with Crippen LogP contribution < -0.4 is 13.8 Å². The van der Waals surface area contributed by atoms with Crippen LogP contribution in [0.5, 0.6) is 11.5 Å². The summed E-state index contributed by atoms with van der Waals surface area (Å²) in [5.74, 6) is 0.399. The molecule has 0 aromatic heterocycles. The molecule has 7 nitrogen and oxygen atoms in total. The van der Waals surface area contributed by atoms with Crippen molar-refractivity contribution in [3.05, 3.63) is 53.1 Å². The highest BCUT2D eigenvalue weighted by Gasteiger charge is 2.26. The number of carbonyl (C=O) groups excluding carboxylic acids is 1. The van der Waals surface area contributed by atoms with Gasteiger partial charge in [0, 0.05) is 24.7 Å². The third-order valence-electron chi connectivity index (χ3n) is 4.09. The molecule has 0 spiro atoms. The number of rotatable bonds is 8. The lowest BCUT2D eigenvalue weighted by Gasteiger charge is -2.26. The van der Waals surface area contributed by atoms with Gasteiger partial charge in [0.1, 0.15) is 18.0 Å². The average Bonchev–Trinajstić information content (AvgIpc) is 2.66. The van der Waals surface area contributed by atoms with Crippen molar-refractivity contribution >= 4 is 33.2 Å². The molecular formula is C19H23ClN2O5S. The predicted octanol–water partition coefficient (Wildman–Crippen LogP) is 2.78. The van der Waals surface area contributed by atoms with Gasteiger partial charge >= 0.3 is 0 Å². The van der Waals surface area contributed by atoms with E-state index in [1.54, 1.807) is 31.3 Å². The van der Waals surface area contributed by atoms with Crippen LogP contribution in [-0.2, 0) is 21.4 Å². The molecule has 0 bridgehead atoms. The molecule has 0 atom stereocenters. The molecule has 0 aliphatic rings. The number of nitrogens with zero attached hydrogens (tertiary/aromatic N) is 2. The highest BCUT2D eigenvalue weighted by Crippen LogP contribution is 2.33. The third kappa shape index (κ3) is 5.53. The first-order valence-corrected chi connectivity index (χ1v) is 10.6. The summed E-state index contributed by atoms with van der Waals surface area (Å²) >= 11 is 5.87. The van der Waals surface area contributed by atoms with E-state index in [4.69, 9.17) is 21.1 Å². The predicted molar refractivity (Wildman–Crippen MR) is 110 cm³/mol. The molecule has 28 heavy (non-hydrogen) atoms. The van der Waals surface area contributed by atoms with Gasteiger partial charge in [0.15, 0.2) is 0 Å². The monoisotopic (exact) mass is 426 g/mol. The molecule has 0 N–H and O–H groups in total. The maximum Gasteiger partial charge on any atom is 0.243 e. The molecule has 2 rings (SSSR count). The van der Waals surface area contributed by atoms with E-state index in [1.165, 1.54) is 25.2 Å². The number of benzene rings is 2. The topological polar surface area (TPSA) is 76.2 Å². The number of likely N-dealkylation sites (N-methyl/N-ethyl adjacent to an activating group) is 1. The fourth-order valence-corrected chi connectivity index (χ4v) is 3.54. The highest BCUT2D eigenvalue weighted by molar-refractivity contribution is 7.92. The van der Waals surface area contributed by atoms with E-state index in [9.17, 15) is 13.2 Å². The van der Waals surface area contributed by atoms with Gasteiger partial charge in [-0.25, -0.2) is 8.42 Å². The van der Waals surface area contributed by atoms with Gasteiger partial charge in [0.25, 0.3) is 0 Å². The van der Waals surface area contributed by atoms with Crippen molar-refractivity contribution < 1.29 is 22.7 Å². The number of hydrogen-bond acceptors (Lipinski definition) is 5. The first kappa shape index (κ1) is 21.8. The number of methoxy groups -OCH3 is 2. The second kappa shape index (κ2) is 9.16. The quantitative estimate of drug-likeness (QED) is 0.648. The second-order valence-corrected chi connectivity index (χ2v) is 8.53. The van der Waals surface area contributed by atoms with E-state index < -0.39 is 10.0 Å². The van der Waals surface area contributed by atoms with E-state index in [1.807, 2.05) is 12.1 Å². The Morgan fingerprint density at radius 1 is 1.07 bits per heavy atom. The Labute approximate surface area is 170 Å². The van der Waals surface area contributed by atoms with Gasteiger partial charge in [-0.3, -0.25) is 9.10 Å². The molecular weight excluding hydrogens is 404 g/mol. The summed E-state index contributed by atoms with van der Waals surface area (Å²) in [4.78, 5) is 14.2. The zero-order chi connectivity index (χ0) is 20.9. The molecule has 0 heterocycles. The molecule has 0 unspecified atom stereocenters. The van der Waals surface area contributed by atoms with Crippen molar-refractivity contribution in [2.24, 2.45) is 0 Å². The molecule has 0 aliphatic heterocycles. The van der Waals surface area contributed by atoms with E-state index in [0.29, 0.717) is 23.1 Å². The summed E-state index contributed by atoms with van der Waals surface area (Å²) in [5.41, 5.74) is 1.11. The number of amides is 1. The summed E-state index contributed by atoms with van der Waals surface area (Å²) in [6.45, 7) is -0.0463. The smallest absolute Gasteiger partial charge is 0.243 e. The zero-order valence-corrected chi connectivity index (χ0v) is 17.7. The first-order chi connectivity index (χ1) is 13.2. The van der Waals surface area contributed by atoms with Crippen molar-refractivity contribution in [2.45, 2.75) is 6.54 Å². The van der Waals surface area contributed by atoms with Crippen LogP contribution in [0, 0.1) is 0 Å². The van der Waals surface area contributed by atoms with Gasteiger partial charge in [-0.15, -0.1) is 0 Å². The van der Waals surface area contributed by atoms with Gasteiger partial charge in [0.05, 0.1) is 26.2 Å². The number of sulfonamides is 1. The van der Waals surface area contributed by atoms with Gasteiger partial charge in [-0.1, -0.05) is 23.7 Å². The van der Waals surface area contributed by atoms with Crippen LogP contribution in [-0.4, -0.2) is 53.3 Å². The Balaban J connectivity index is 2.27. The Morgan fingerprint density at radius 3 is 2.25 bits per heavy atom. The SMILES string of the molecule is COc1ccc(OC)c(N(CC(=O)N(C)Cc2ccc(Cl)cc2)S(C)(=O)=O)c1. The largest absolute Gasteiger partial charge is 0.497 e. The van der Waals surface area contributed by atoms with Crippen molar-refractivity contribution in [2.75, 3.05) is 38.4 Å². The molecule has 0 saturated heterocycles. The maximum atomic E-state index is 12.7. The molecule has 9 heteroatoms. The lowest BCUT2D eigenvalue weighted by molar-refractivity contribution is -0.128. The number of carbonyl (C=O) groups is 1. The van der Waals surface area contributed by atoms with E-state index >= 15 is 0 Å². The molecule has 2 aromatic carbocycles. The molecule has 0 fully saturated rings. The molecule has 1 amide bonds. The van der Waals surface area contributed by atoms with Crippen LogP contribution in [0.1, 0.15) is 5.56 Å². The van der Waals surface area contributed by atoms with E-state index in [2.05, 4.69) is 0 Å². The summed E-state index contributed by atoms with van der Waals surface area (Å²) < 4.78 is 36.3. The summed E-state index contributed by atoms with van der Waals surface area (Å²) in [7, 11) is 0.766. The summed E-state index contributed by atoms with van der Waals surface area (Å²) in [6.07, 6.45) is 1.04. The van der Waals surface area contributed by atoms with E-state index in [0.717, 1.165) is 16.1 Å². The van der Waals surface area contributed by atoms with E-state index in [-0.39, 0.29) is 18.1 Å². The second-order valence-electron chi connectivity index (χ2n) is 6.18. The lowest BCUT2D eigenvalue weighted by atomic mass is 10.2. The third-order valence-corrected chi connectivity index (χ3v) is 5.47. The van der Waals surface area contributed by atoms with Crippen molar-refractivity contribution in [3.8, 4) is 11.5 Å². The van der Waals surface area contributed by atoms with Crippen molar-refractivity contribution in [1.29, 1.82) is 0 Å². The average molecular weight is 427 g/mol. The minimum absolute atomic E-state index is 0.234. The summed E-state index contributed by atoms with van der Waals surface area (Å²) in [6, 6.07) is 11.9. The van der Waals surface area contributed by atoms with Gasteiger partial charge in [0.2, 0.25) is 15.9 Å². The maximum absolute atomic E-state index is 12.7. The molecule has 0 radical (unpaired) electrons. The zero-order valence-electron chi connectivity index (χ0n) is 16.2. The highest BCUT2D eigenvalue weighted by atomic mass is 35.5. The van der Waals surface area contributed by atoms with Gasteiger partial charge in [-0.2, -0.15) is 0 Å². The Bertz CT molecular complexity index is 932. The number of anilines is 1. The first-order valence-electron chi connectivity index (χ1n) is 8.34. The lowest BCUT2D eigenvalue weighted by Crippen LogP contribution is -2.41. The Morgan fingerprint density at radius 2 is 1.71 bits per heavy atom. The molecule has 152 valence electrons. The van der Waals surface area contributed by atoms with Crippen molar-refractivity contribution in [3.63, 3.8) is 0 Å². The molecule has 0 aliphatic carbocycles. The molecule has 2 aromatic rings. The van der Waals surface area contributed by atoms with Crippen LogP contribution in [0.2, 0.25) is 5.02 Å². The van der Waals surface area contributed by atoms with Gasteiger partial charge in [-0.05, 0) is 29.8 Å². The Hall–Kier alpha value is -2.45. The number of hydrogen-bond donors (Lipinski definition) is 0. The fourth-order valence-electron chi connectivity index (χ4n) is 2.57. The van der Waals surface area contributed by atoms with Gasteiger partial charge < -0.3 is 14.4 Å². The standard InChI is InChI=1S/C19H23ClN2O5S/c1-21(12-14-5-7-15(20)8-6-14)19(23)13-22(28(4,24)25)17-11-16(26-2)9-10-18(17)27-3/h5-11H,12-13H2,1-4H3. The minimum Gasteiger partial charge on any atom is -0.497 e. The minimum atomic E-state index is -3.75. The van der Waals surface area contributed by atoms with Crippen LogP contribution in [0.3, 0.4) is 0 Å².